The Bertz CT molecular complexity index is 376. The van der Waals surface area contributed by atoms with E-state index in [1.54, 1.807) is 0 Å². The molecule has 1 fully saturated rings. The summed E-state index contributed by atoms with van der Waals surface area (Å²) in [5, 5.41) is 6.05. The lowest BCUT2D eigenvalue weighted by Gasteiger charge is -2.29. The summed E-state index contributed by atoms with van der Waals surface area (Å²) < 4.78 is 0. The van der Waals surface area contributed by atoms with Gasteiger partial charge in [0, 0.05) is 32.6 Å². The molecule has 0 aliphatic carbocycles. The summed E-state index contributed by atoms with van der Waals surface area (Å²) in [7, 11) is 0. The van der Waals surface area contributed by atoms with Gasteiger partial charge in [0.2, 0.25) is 5.91 Å². The van der Waals surface area contributed by atoms with Crippen molar-refractivity contribution in [1.82, 2.24) is 10.3 Å². The number of nitrogens with one attached hydrogen (secondary N) is 2. The molecule has 5 nitrogen and oxygen atoms in total. The minimum Gasteiger partial charge on any atom is -0.368 e. The summed E-state index contributed by atoms with van der Waals surface area (Å²) >= 11 is 0. The number of aromatic nitrogens is 1. The lowest BCUT2D eigenvalue weighted by molar-refractivity contribution is -0.115. The summed E-state index contributed by atoms with van der Waals surface area (Å²) in [5.41, 5.74) is 1.11. The van der Waals surface area contributed by atoms with Gasteiger partial charge in [-0.25, -0.2) is 4.98 Å². The van der Waals surface area contributed by atoms with E-state index in [0.29, 0.717) is 12.2 Å². The maximum absolute atomic E-state index is 11.2. The van der Waals surface area contributed by atoms with Crippen LogP contribution in [0, 0.1) is 0 Å². The normalized spacial score (nSPS) is 14.8. The molecule has 0 unspecified atom stereocenters. The first kappa shape index (κ1) is 14.7. The number of hydrogen-bond acceptors (Lipinski definition) is 4. The van der Waals surface area contributed by atoms with Crippen LogP contribution in [0.1, 0.15) is 13.3 Å². The van der Waals surface area contributed by atoms with Crippen LogP contribution in [0.25, 0.3) is 0 Å². The largest absolute Gasteiger partial charge is 0.368 e. The molecule has 0 bridgehead atoms. The van der Waals surface area contributed by atoms with E-state index >= 15 is 0 Å². The number of nitrogens with zero attached hydrogens (tertiary/aromatic N) is 2. The SMILES string of the molecule is CCC(=O)Nc1ccc(N2CCNCC2)cn1.Cl. The van der Waals surface area contributed by atoms with Crippen LogP contribution >= 0.6 is 12.4 Å². The number of hydrogen-bond donors (Lipinski definition) is 2. The molecule has 6 heteroatoms. The average Bonchev–Trinajstić information content (AvgIpc) is 2.40. The van der Waals surface area contributed by atoms with Gasteiger partial charge in [-0.05, 0) is 12.1 Å². The first-order valence-electron chi connectivity index (χ1n) is 6.01. The van der Waals surface area contributed by atoms with Gasteiger partial charge in [0.1, 0.15) is 5.82 Å². The summed E-state index contributed by atoms with van der Waals surface area (Å²) in [5.74, 6) is 0.614. The molecule has 0 atom stereocenters. The third kappa shape index (κ3) is 3.85. The number of amides is 1. The van der Waals surface area contributed by atoms with Crippen molar-refractivity contribution in [3.63, 3.8) is 0 Å². The monoisotopic (exact) mass is 270 g/mol. The minimum absolute atomic E-state index is 0. The van der Waals surface area contributed by atoms with E-state index in [-0.39, 0.29) is 18.3 Å². The molecule has 1 aromatic rings. The van der Waals surface area contributed by atoms with Gasteiger partial charge in [0.15, 0.2) is 0 Å². The molecular weight excluding hydrogens is 252 g/mol. The lowest BCUT2D eigenvalue weighted by atomic mass is 10.3. The zero-order valence-corrected chi connectivity index (χ0v) is 11.3. The first-order chi connectivity index (χ1) is 8.29. The summed E-state index contributed by atoms with van der Waals surface area (Å²) in [4.78, 5) is 17.7. The number of piperazine rings is 1. The standard InChI is InChI=1S/C12H18N4O.ClH/c1-2-12(17)15-11-4-3-10(9-14-11)16-7-5-13-6-8-16;/h3-4,9,13H,2,5-8H2,1H3,(H,14,15,17);1H. The van der Waals surface area contributed by atoms with Gasteiger partial charge in [-0.2, -0.15) is 0 Å². The van der Waals surface area contributed by atoms with Crippen molar-refractivity contribution in [3.8, 4) is 0 Å². The Morgan fingerprint density at radius 2 is 2.17 bits per heavy atom. The molecule has 100 valence electrons. The van der Waals surface area contributed by atoms with Crippen LogP contribution in [0.4, 0.5) is 11.5 Å². The van der Waals surface area contributed by atoms with Gasteiger partial charge in [-0.3, -0.25) is 4.79 Å². The van der Waals surface area contributed by atoms with Crippen molar-refractivity contribution in [2.45, 2.75) is 13.3 Å². The molecule has 2 rings (SSSR count). The molecular formula is C12H19ClN4O. The van der Waals surface area contributed by atoms with Gasteiger partial charge in [-0.1, -0.05) is 6.92 Å². The fourth-order valence-corrected chi connectivity index (χ4v) is 1.80. The Labute approximate surface area is 113 Å². The van der Waals surface area contributed by atoms with Crippen molar-refractivity contribution >= 4 is 29.8 Å². The van der Waals surface area contributed by atoms with Gasteiger partial charge in [0.25, 0.3) is 0 Å². The van der Waals surface area contributed by atoms with E-state index in [4.69, 9.17) is 0 Å². The maximum atomic E-state index is 11.2. The molecule has 0 aromatic carbocycles. The molecule has 0 spiro atoms. The van der Waals surface area contributed by atoms with Gasteiger partial charge < -0.3 is 15.5 Å². The fraction of sp³-hybridized carbons (Fsp3) is 0.500. The van der Waals surface area contributed by atoms with E-state index in [1.807, 2.05) is 25.3 Å². The zero-order valence-electron chi connectivity index (χ0n) is 10.5. The van der Waals surface area contributed by atoms with Crippen molar-refractivity contribution in [2.75, 3.05) is 36.4 Å². The van der Waals surface area contributed by atoms with Crippen molar-refractivity contribution in [1.29, 1.82) is 0 Å². The highest BCUT2D eigenvalue weighted by Crippen LogP contribution is 2.15. The minimum atomic E-state index is -0.00702. The van der Waals surface area contributed by atoms with Crippen LogP contribution in [0.3, 0.4) is 0 Å². The van der Waals surface area contributed by atoms with Crippen LogP contribution in [-0.4, -0.2) is 37.1 Å². The Morgan fingerprint density at radius 1 is 1.44 bits per heavy atom. The summed E-state index contributed by atoms with van der Waals surface area (Å²) in [6, 6.07) is 3.86. The second kappa shape index (κ2) is 7.18. The van der Waals surface area contributed by atoms with Crippen molar-refractivity contribution < 1.29 is 4.79 Å². The molecule has 2 N–H and O–H groups in total. The number of rotatable bonds is 3. The van der Waals surface area contributed by atoms with E-state index in [2.05, 4.69) is 20.5 Å². The number of carbonyl (C=O) groups is 1. The molecule has 1 aliphatic rings. The second-order valence-electron chi connectivity index (χ2n) is 4.04. The van der Waals surface area contributed by atoms with Crippen LogP contribution in [0.2, 0.25) is 0 Å². The molecule has 1 aliphatic heterocycles. The highest BCUT2D eigenvalue weighted by molar-refractivity contribution is 5.89. The predicted molar refractivity (Wildman–Crippen MR) is 75.5 cm³/mol. The smallest absolute Gasteiger partial charge is 0.225 e. The highest BCUT2D eigenvalue weighted by atomic mass is 35.5. The molecule has 0 radical (unpaired) electrons. The number of anilines is 2. The number of carbonyl (C=O) groups excluding carboxylic acids is 1. The Balaban J connectivity index is 0.00000162. The summed E-state index contributed by atoms with van der Waals surface area (Å²) in [6.07, 6.45) is 2.29. The second-order valence-corrected chi connectivity index (χ2v) is 4.04. The van der Waals surface area contributed by atoms with Crippen molar-refractivity contribution in [2.24, 2.45) is 0 Å². The van der Waals surface area contributed by atoms with Crippen LogP contribution in [0.5, 0.6) is 0 Å². The predicted octanol–water partition coefficient (Wildman–Crippen LogP) is 1.26. The number of halogens is 1. The highest BCUT2D eigenvalue weighted by Gasteiger charge is 2.10. The van der Waals surface area contributed by atoms with Crippen LogP contribution < -0.4 is 15.5 Å². The van der Waals surface area contributed by atoms with E-state index in [0.717, 1.165) is 31.9 Å². The Morgan fingerprint density at radius 3 is 2.72 bits per heavy atom. The van der Waals surface area contributed by atoms with Crippen molar-refractivity contribution in [3.05, 3.63) is 18.3 Å². The molecule has 0 saturated carbocycles. The molecule has 1 aromatic heterocycles. The maximum Gasteiger partial charge on any atom is 0.225 e. The average molecular weight is 271 g/mol. The van der Waals surface area contributed by atoms with E-state index in [1.165, 1.54) is 0 Å². The quantitative estimate of drug-likeness (QED) is 0.868. The zero-order chi connectivity index (χ0) is 12.1. The molecule has 18 heavy (non-hydrogen) atoms. The first-order valence-corrected chi connectivity index (χ1v) is 6.01. The van der Waals surface area contributed by atoms with Gasteiger partial charge in [0.05, 0.1) is 11.9 Å². The lowest BCUT2D eigenvalue weighted by Crippen LogP contribution is -2.43. The Hall–Kier alpha value is -1.33. The number of pyridine rings is 1. The van der Waals surface area contributed by atoms with Crippen LogP contribution in [0.15, 0.2) is 18.3 Å². The Kier molecular flexibility index (Phi) is 5.88. The summed E-state index contributed by atoms with van der Waals surface area (Å²) in [6.45, 7) is 5.85. The van der Waals surface area contributed by atoms with E-state index in [9.17, 15) is 4.79 Å². The van der Waals surface area contributed by atoms with Crippen LogP contribution in [-0.2, 0) is 4.79 Å². The topological polar surface area (TPSA) is 57.3 Å². The van der Waals surface area contributed by atoms with Gasteiger partial charge in [-0.15, -0.1) is 12.4 Å². The molecule has 1 saturated heterocycles. The fourth-order valence-electron chi connectivity index (χ4n) is 1.80. The molecule has 1 amide bonds. The molecule has 2 heterocycles. The third-order valence-electron chi connectivity index (χ3n) is 2.82. The third-order valence-corrected chi connectivity index (χ3v) is 2.82. The van der Waals surface area contributed by atoms with Gasteiger partial charge >= 0.3 is 0 Å². The van der Waals surface area contributed by atoms with E-state index < -0.39 is 0 Å².